The van der Waals surface area contributed by atoms with Gasteiger partial charge in [0.15, 0.2) is 0 Å². The molecule has 33 heavy (non-hydrogen) atoms. The quantitative estimate of drug-likeness (QED) is 0.490. The van der Waals surface area contributed by atoms with Gasteiger partial charge in [-0.15, -0.1) is 0 Å². The van der Waals surface area contributed by atoms with Crippen LogP contribution in [0, 0.1) is 0 Å². The van der Waals surface area contributed by atoms with Crippen molar-refractivity contribution >= 4 is 11.9 Å². The molecular formula is C27H32ClNO4. The molecule has 2 unspecified atom stereocenters. The van der Waals surface area contributed by atoms with Gasteiger partial charge < -0.3 is 26.4 Å². The molecule has 0 saturated carbocycles. The topological polar surface area (TPSA) is 52.6 Å². The maximum absolute atomic E-state index is 13.9. The van der Waals surface area contributed by atoms with Gasteiger partial charge in [0.2, 0.25) is 0 Å². The van der Waals surface area contributed by atoms with Crippen molar-refractivity contribution in [2.24, 2.45) is 0 Å². The first kappa shape index (κ1) is 23.8. The Labute approximate surface area is 202 Å². The van der Waals surface area contributed by atoms with E-state index in [0.717, 1.165) is 12.8 Å². The molecule has 0 aromatic heterocycles. The normalized spacial score (nSPS) is 25.3. The van der Waals surface area contributed by atoms with Gasteiger partial charge in [-0.3, -0.25) is 4.79 Å². The van der Waals surface area contributed by atoms with Crippen molar-refractivity contribution in [2.75, 3.05) is 13.1 Å². The number of hydrogen-bond acceptors (Lipinski definition) is 4. The van der Waals surface area contributed by atoms with Crippen molar-refractivity contribution < 1.29 is 36.0 Å². The van der Waals surface area contributed by atoms with E-state index in [1.807, 2.05) is 60.7 Å². The molecule has 0 radical (unpaired) electrons. The Bertz CT molecular complexity index is 919. The second-order valence-electron chi connectivity index (χ2n) is 9.65. The van der Waals surface area contributed by atoms with E-state index in [2.05, 4.69) is 0 Å². The summed E-state index contributed by atoms with van der Waals surface area (Å²) < 4.78 is 13.3. The molecule has 2 aromatic rings. The van der Waals surface area contributed by atoms with Crippen molar-refractivity contribution in [3.05, 3.63) is 71.8 Å². The standard InChI is InChI=1S/C27H32NO4.ClH/c1-20(29)32-27(21-10-4-2-5-11-21,22-12-6-3-7-13-22)26(30)31-25-18-23-14-15-24(19-25)28(23)16-8-9-17-28;/h2-7,10-13,23-25H,8-9,14-19H2,1H3;1H/q+1;/p-1. The molecule has 3 fully saturated rings. The summed E-state index contributed by atoms with van der Waals surface area (Å²) in [5.41, 5.74) is -0.397. The molecule has 0 N–H and O–H groups in total. The zero-order chi connectivity index (χ0) is 22.2. The highest BCUT2D eigenvalue weighted by atomic mass is 35.5. The van der Waals surface area contributed by atoms with Crippen molar-refractivity contribution in [1.82, 2.24) is 0 Å². The summed E-state index contributed by atoms with van der Waals surface area (Å²) in [4.78, 5) is 26.2. The van der Waals surface area contributed by atoms with E-state index in [0.29, 0.717) is 23.2 Å². The molecule has 2 aromatic carbocycles. The summed E-state index contributed by atoms with van der Waals surface area (Å²) >= 11 is 0. The fourth-order valence-corrected chi connectivity index (χ4v) is 6.66. The first-order valence-corrected chi connectivity index (χ1v) is 11.9. The van der Waals surface area contributed by atoms with Crippen molar-refractivity contribution in [2.45, 2.75) is 69.2 Å². The Morgan fingerprint density at radius 2 is 1.33 bits per heavy atom. The molecule has 3 saturated heterocycles. The van der Waals surface area contributed by atoms with Crippen molar-refractivity contribution in [3.8, 4) is 0 Å². The molecule has 3 aliphatic heterocycles. The Morgan fingerprint density at radius 3 is 1.79 bits per heavy atom. The highest BCUT2D eigenvalue weighted by Gasteiger charge is 2.57. The lowest BCUT2D eigenvalue weighted by Crippen LogP contribution is -3.00. The zero-order valence-electron chi connectivity index (χ0n) is 19.1. The first-order chi connectivity index (χ1) is 15.5. The van der Waals surface area contributed by atoms with Crippen LogP contribution in [-0.4, -0.2) is 47.7 Å². The number of nitrogens with zero attached hydrogens (tertiary/aromatic N) is 1. The van der Waals surface area contributed by atoms with Gasteiger partial charge in [0.25, 0.3) is 5.60 Å². The molecule has 2 bridgehead atoms. The molecule has 5 rings (SSSR count). The number of halogens is 1. The lowest BCUT2D eigenvalue weighted by Gasteiger charge is -2.47. The largest absolute Gasteiger partial charge is 1.00 e. The third-order valence-electron chi connectivity index (χ3n) is 7.97. The molecule has 0 amide bonds. The fraction of sp³-hybridized carbons (Fsp3) is 0.481. The Balaban J connectivity index is 0.00000259. The fourth-order valence-electron chi connectivity index (χ4n) is 6.66. The summed E-state index contributed by atoms with van der Waals surface area (Å²) in [6, 6.07) is 19.7. The maximum atomic E-state index is 13.9. The van der Waals surface area contributed by atoms with Crippen LogP contribution in [0.1, 0.15) is 56.6 Å². The molecule has 3 aliphatic rings. The predicted molar refractivity (Wildman–Crippen MR) is 121 cm³/mol. The number of esters is 2. The van der Waals surface area contributed by atoms with Crippen LogP contribution in [0.25, 0.3) is 0 Å². The summed E-state index contributed by atoms with van der Waals surface area (Å²) in [6.45, 7) is 3.90. The van der Waals surface area contributed by atoms with Crippen LogP contribution in [0.15, 0.2) is 60.7 Å². The molecule has 0 aliphatic carbocycles. The van der Waals surface area contributed by atoms with Gasteiger partial charge in [-0.25, -0.2) is 4.79 Å². The highest BCUT2D eigenvalue weighted by Crippen LogP contribution is 2.47. The molecule has 1 spiro atoms. The average molecular weight is 470 g/mol. The van der Waals surface area contributed by atoms with Crippen molar-refractivity contribution in [3.63, 3.8) is 0 Å². The van der Waals surface area contributed by atoms with Crippen LogP contribution in [-0.2, 0) is 24.7 Å². The third-order valence-corrected chi connectivity index (χ3v) is 7.97. The monoisotopic (exact) mass is 469 g/mol. The van der Waals surface area contributed by atoms with Gasteiger partial charge in [0.1, 0.15) is 6.10 Å². The molecule has 176 valence electrons. The number of rotatable bonds is 5. The summed E-state index contributed by atoms with van der Waals surface area (Å²) in [5.74, 6) is -1.01. The van der Waals surface area contributed by atoms with E-state index >= 15 is 0 Å². The Morgan fingerprint density at radius 1 is 0.848 bits per heavy atom. The van der Waals surface area contributed by atoms with Crippen LogP contribution in [0.4, 0.5) is 0 Å². The molecular weight excluding hydrogens is 438 g/mol. The molecule has 3 heterocycles. The van der Waals surface area contributed by atoms with Gasteiger partial charge >= 0.3 is 11.9 Å². The number of ether oxygens (including phenoxy) is 2. The minimum atomic E-state index is -1.61. The number of carbonyl (C=O) groups excluding carboxylic acids is 2. The lowest BCUT2D eigenvalue weighted by molar-refractivity contribution is -0.956. The van der Waals surface area contributed by atoms with Gasteiger partial charge in [0.05, 0.1) is 25.2 Å². The summed E-state index contributed by atoms with van der Waals surface area (Å²) in [5, 5.41) is 0. The second kappa shape index (κ2) is 9.47. The van der Waals surface area contributed by atoms with E-state index in [-0.39, 0.29) is 18.5 Å². The molecule has 5 nitrogen and oxygen atoms in total. The number of quaternary nitrogens is 1. The number of carbonyl (C=O) groups is 2. The number of benzene rings is 2. The van der Waals surface area contributed by atoms with Gasteiger partial charge in [0, 0.05) is 56.6 Å². The van der Waals surface area contributed by atoms with E-state index in [9.17, 15) is 9.59 Å². The van der Waals surface area contributed by atoms with E-state index in [1.54, 1.807) is 0 Å². The first-order valence-electron chi connectivity index (χ1n) is 11.9. The van der Waals surface area contributed by atoms with Crippen LogP contribution >= 0.6 is 0 Å². The molecule has 2 atom stereocenters. The SMILES string of the molecule is CC(=O)OC(C(=O)OC1CC2CCC(C1)[N+]21CCCC1)(c1ccccc1)c1ccccc1.[Cl-]. The summed E-state index contributed by atoms with van der Waals surface area (Å²) in [6.07, 6.45) is 6.76. The minimum Gasteiger partial charge on any atom is -1.00 e. The van der Waals surface area contributed by atoms with Crippen molar-refractivity contribution in [1.29, 1.82) is 0 Å². The van der Waals surface area contributed by atoms with Gasteiger partial charge in [-0.05, 0) is 0 Å². The zero-order valence-corrected chi connectivity index (χ0v) is 19.9. The smallest absolute Gasteiger partial charge is 0.360 e. The second-order valence-corrected chi connectivity index (χ2v) is 9.65. The number of hydrogen-bond donors (Lipinski definition) is 0. The van der Waals surface area contributed by atoms with E-state index < -0.39 is 17.5 Å². The molecule has 6 heteroatoms. The number of piperidine rings is 1. The Hall–Kier alpha value is -2.37. The van der Waals surface area contributed by atoms with E-state index in [1.165, 1.54) is 50.2 Å². The maximum Gasteiger partial charge on any atom is 0.360 e. The van der Waals surface area contributed by atoms with Crippen LogP contribution < -0.4 is 12.4 Å². The highest BCUT2D eigenvalue weighted by molar-refractivity contribution is 5.88. The predicted octanol–water partition coefficient (Wildman–Crippen LogP) is 1.34. The van der Waals surface area contributed by atoms with Gasteiger partial charge in [-0.2, -0.15) is 0 Å². The van der Waals surface area contributed by atoms with Crippen LogP contribution in [0.5, 0.6) is 0 Å². The third kappa shape index (κ3) is 4.06. The average Bonchev–Trinajstić information content (AvgIpc) is 3.35. The van der Waals surface area contributed by atoms with Crippen LogP contribution in [0.3, 0.4) is 0 Å². The Kier molecular flexibility index (Phi) is 6.83. The minimum absolute atomic E-state index is 0. The van der Waals surface area contributed by atoms with E-state index in [4.69, 9.17) is 9.47 Å². The lowest BCUT2D eigenvalue weighted by atomic mass is 9.85. The van der Waals surface area contributed by atoms with Crippen LogP contribution in [0.2, 0.25) is 0 Å². The van der Waals surface area contributed by atoms with Gasteiger partial charge in [-0.1, -0.05) is 60.7 Å². The summed E-state index contributed by atoms with van der Waals surface area (Å²) in [7, 11) is 0.